The predicted octanol–water partition coefficient (Wildman–Crippen LogP) is 2.53. The number of ether oxygens (including phenoxy) is 1. The van der Waals surface area contributed by atoms with Crippen LogP contribution in [0.3, 0.4) is 0 Å². The molecule has 2 heterocycles. The van der Waals surface area contributed by atoms with Crippen LogP contribution in [0.4, 0.5) is 0 Å². The summed E-state index contributed by atoms with van der Waals surface area (Å²) in [5.74, 6) is 0.275. The number of hydrogen-bond acceptors (Lipinski definition) is 6. The van der Waals surface area contributed by atoms with Crippen LogP contribution in [0.5, 0.6) is 5.88 Å². The number of nitrogens with one attached hydrogen (secondary N) is 1. The number of rotatable bonds is 4. The van der Waals surface area contributed by atoms with Crippen LogP contribution in [-0.2, 0) is 0 Å². The summed E-state index contributed by atoms with van der Waals surface area (Å²) >= 11 is 1.51. The van der Waals surface area contributed by atoms with Gasteiger partial charge in [-0.3, -0.25) is 4.79 Å². The summed E-state index contributed by atoms with van der Waals surface area (Å²) in [4.78, 5) is 20.0. The Bertz CT molecular complexity index is 703. The van der Waals surface area contributed by atoms with Gasteiger partial charge in [-0.25, -0.2) is 9.97 Å². The number of carbonyl (C=O) groups is 1. The quantitative estimate of drug-likeness (QED) is 0.932. The molecule has 0 unspecified atom stereocenters. The first-order valence-electron chi connectivity index (χ1n) is 7.47. The van der Waals surface area contributed by atoms with Gasteiger partial charge >= 0.3 is 0 Å². The highest BCUT2D eigenvalue weighted by molar-refractivity contribution is 7.08. The first-order chi connectivity index (χ1) is 11.3. The van der Waals surface area contributed by atoms with Gasteiger partial charge in [0, 0.05) is 29.4 Å². The Morgan fingerprint density at radius 3 is 2.78 bits per heavy atom. The van der Waals surface area contributed by atoms with Crippen LogP contribution in [0.2, 0.25) is 0 Å². The third kappa shape index (κ3) is 3.85. The van der Waals surface area contributed by atoms with Crippen molar-refractivity contribution in [2.75, 3.05) is 0 Å². The summed E-state index contributed by atoms with van der Waals surface area (Å²) in [5, 5.41) is 15.8. The Morgan fingerprint density at radius 2 is 2.09 bits per heavy atom. The van der Waals surface area contributed by atoms with Gasteiger partial charge in [0.15, 0.2) is 0 Å². The maximum Gasteiger partial charge on any atom is 0.252 e. The molecule has 1 saturated carbocycles. The third-order valence-electron chi connectivity index (χ3n) is 3.84. The van der Waals surface area contributed by atoms with E-state index >= 15 is 0 Å². The molecule has 0 atom stereocenters. The van der Waals surface area contributed by atoms with E-state index in [-0.39, 0.29) is 23.7 Å². The van der Waals surface area contributed by atoms with Gasteiger partial charge in [0.2, 0.25) is 5.69 Å². The van der Waals surface area contributed by atoms with Crippen molar-refractivity contribution < 1.29 is 9.53 Å². The molecule has 0 bridgehead atoms. The van der Waals surface area contributed by atoms with Crippen LogP contribution in [0, 0.1) is 11.3 Å². The minimum Gasteiger partial charge on any atom is -0.472 e. The molecule has 2 aromatic heterocycles. The fraction of sp³-hybridized carbons (Fsp3) is 0.375. The maximum atomic E-state index is 12.0. The van der Waals surface area contributed by atoms with E-state index in [0.29, 0.717) is 11.4 Å². The smallest absolute Gasteiger partial charge is 0.252 e. The van der Waals surface area contributed by atoms with E-state index in [4.69, 9.17) is 10.00 Å². The topological polar surface area (TPSA) is 87.9 Å². The maximum absolute atomic E-state index is 12.0. The van der Waals surface area contributed by atoms with Crippen LogP contribution in [-0.4, -0.2) is 28.0 Å². The second-order valence-corrected chi connectivity index (χ2v) is 6.18. The number of carbonyl (C=O) groups excluding carboxylic acids is 1. The molecule has 1 fully saturated rings. The van der Waals surface area contributed by atoms with Crippen LogP contribution in [0.1, 0.15) is 41.7 Å². The number of hydrogen-bond donors (Lipinski definition) is 1. The van der Waals surface area contributed by atoms with E-state index in [2.05, 4.69) is 15.3 Å². The molecular formula is C16H16N4O2S. The highest BCUT2D eigenvalue weighted by Gasteiger charge is 2.25. The Hall–Kier alpha value is -2.46. The van der Waals surface area contributed by atoms with Crippen LogP contribution < -0.4 is 10.1 Å². The van der Waals surface area contributed by atoms with Crippen LogP contribution in [0.15, 0.2) is 29.2 Å². The summed E-state index contributed by atoms with van der Waals surface area (Å²) in [6.07, 6.45) is 6.33. The van der Waals surface area contributed by atoms with Crippen molar-refractivity contribution >= 4 is 17.2 Å². The zero-order valence-electron chi connectivity index (χ0n) is 12.4. The lowest BCUT2D eigenvalue weighted by molar-refractivity contribution is 0.0890. The average molecular weight is 328 g/mol. The van der Waals surface area contributed by atoms with Gasteiger partial charge in [0.1, 0.15) is 12.2 Å². The third-order valence-corrected chi connectivity index (χ3v) is 4.52. The molecule has 1 aliphatic carbocycles. The van der Waals surface area contributed by atoms with E-state index in [0.717, 1.165) is 25.7 Å². The molecule has 0 spiro atoms. The monoisotopic (exact) mass is 328 g/mol. The SMILES string of the molecule is N#Cc1nccnc1OC1CCC(NC(=O)c2ccsc2)CC1. The summed E-state index contributed by atoms with van der Waals surface area (Å²) in [5.41, 5.74) is 0.923. The molecule has 118 valence electrons. The second kappa shape index (κ2) is 7.20. The molecule has 6 nitrogen and oxygen atoms in total. The minimum absolute atomic E-state index is 0.00750. The molecule has 3 rings (SSSR count). The first kappa shape index (κ1) is 15.4. The zero-order chi connectivity index (χ0) is 16.1. The highest BCUT2D eigenvalue weighted by Crippen LogP contribution is 2.24. The lowest BCUT2D eigenvalue weighted by Gasteiger charge is -2.29. The molecule has 0 aromatic carbocycles. The summed E-state index contributed by atoms with van der Waals surface area (Å²) < 4.78 is 5.80. The van der Waals surface area contributed by atoms with Gasteiger partial charge in [-0.05, 0) is 37.1 Å². The van der Waals surface area contributed by atoms with E-state index in [1.807, 2.05) is 22.9 Å². The summed E-state index contributed by atoms with van der Waals surface area (Å²) in [6.45, 7) is 0. The standard InChI is InChI=1S/C16H16N4O2S/c17-9-14-16(19-7-6-18-14)22-13-3-1-12(2-4-13)20-15(21)11-5-8-23-10-11/h5-8,10,12-13H,1-4H2,(H,20,21). The molecule has 1 aliphatic rings. The van der Waals surface area contributed by atoms with E-state index in [9.17, 15) is 4.79 Å². The van der Waals surface area contributed by atoms with Gasteiger partial charge in [-0.2, -0.15) is 16.6 Å². The van der Waals surface area contributed by atoms with Crippen molar-refractivity contribution in [3.8, 4) is 11.9 Å². The second-order valence-electron chi connectivity index (χ2n) is 5.40. The molecule has 7 heteroatoms. The predicted molar refractivity (Wildman–Crippen MR) is 85.2 cm³/mol. The lowest BCUT2D eigenvalue weighted by atomic mass is 9.93. The fourth-order valence-corrected chi connectivity index (χ4v) is 3.27. The van der Waals surface area contributed by atoms with Crippen molar-refractivity contribution in [1.82, 2.24) is 15.3 Å². The Kier molecular flexibility index (Phi) is 4.83. The van der Waals surface area contributed by atoms with Gasteiger partial charge in [0.05, 0.1) is 0 Å². The first-order valence-corrected chi connectivity index (χ1v) is 8.41. The van der Waals surface area contributed by atoms with Crippen molar-refractivity contribution in [2.24, 2.45) is 0 Å². The van der Waals surface area contributed by atoms with E-state index in [1.54, 1.807) is 0 Å². The number of nitrogens with zero attached hydrogens (tertiary/aromatic N) is 3. The van der Waals surface area contributed by atoms with E-state index < -0.39 is 0 Å². The Morgan fingerprint density at radius 1 is 1.30 bits per heavy atom. The zero-order valence-corrected chi connectivity index (χ0v) is 13.3. The normalized spacial score (nSPS) is 20.5. The minimum atomic E-state index is -0.0173. The molecule has 0 saturated heterocycles. The number of thiophene rings is 1. The molecule has 2 aromatic rings. The van der Waals surface area contributed by atoms with Crippen molar-refractivity contribution in [2.45, 2.75) is 37.8 Å². The molecule has 23 heavy (non-hydrogen) atoms. The summed E-state index contributed by atoms with van der Waals surface area (Å²) in [6, 6.07) is 3.97. The Labute approximate surface area is 138 Å². The lowest BCUT2D eigenvalue weighted by Crippen LogP contribution is -2.39. The average Bonchev–Trinajstić information content (AvgIpc) is 3.12. The van der Waals surface area contributed by atoms with Crippen molar-refractivity contribution in [1.29, 1.82) is 5.26 Å². The van der Waals surface area contributed by atoms with Crippen LogP contribution >= 0.6 is 11.3 Å². The van der Waals surface area contributed by atoms with Crippen LogP contribution in [0.25, 0.3) is 0 Å². The summed E-state index contributed by atoms with van der Waals surface area (Å²) in [7, 11) is 0. The molecule has 0 aliphatic heterocycles. The number of amides is 1. The highest BCUT2D eigenvalue weighted by atomic mass is 32.1. The molecule has 0 radical (unpaired) electrons. The molecular weight excluding hydrogens is 312 g/mol. The molecule has 1 amide bonds. The largest absolute Gasteiger partial charge is 0.472 e. The number of aromatic nitrogens is 2. The van der Waals surface area contributed by atoms with Crippen molar-refractivity contribution in [3.63, 3.8) is 0 Å². The molecule has 1 N–H and O–H groups in total. The van der Waals surface area contributed by atoms with Gasteiger partial charge < -0.3 is 10.1 Å². The van der Waals surface area contributed by atoms with E-state index in [1.165, 1.54) is 23.7 Å². The number of nitriles is 1. The van der Waals surface area contributed by atoms with Crippen molar-refractivity contribution in [3.05, 3.63) is 40.5 Å². The van der Waals surface area contributed by atoms with Gasteiger partial charge in [0.25, 0.3) is 11.8 Å². The fourth-order valence-electron chi connectivity index (χ4n) is 2.63. The van der Waals surface area contributed by atoms with Gasteiger partial charge in [-0.1, -0.05) is 0 Å². The van der Waals surface area contributed by atoms with Gasteiger partial charge in [-0.15, -0.1) is 0 Å². The Balaban J connectivity index is 1.51.